The topological polar surface area (TPSA) is 52.0 Å². The monoisotopic (exact) mass is 246 g/mol. The third-order valence-corrected chi connectivity index (χ3v) is 2.61. The molecule has 18 heavy (non-hydrogen) atoms. The first kappa shape index (κ1) is 12.6. The van der Waals surface area contributed by atoms with Crippen LogP contribution in [0.15, 0.2) is 30.7 Å². The summed E-state index contributed by atoms with van der Waals surface area (Å²) in [6.45, 7) is 4.66. The number of hydrogen-bond donors (Lipinski definition) is 1. The van der Waals surface area contributed by atoms with Gasteiger partial charge in [0, 0.05) is 31.2 Å². The second-order valence-electron chi connectivity index (χ2n) is 4.28. The average molecular weight is 246 g/mol. The van der Waals surface area contributed by atoms with E-state index in [4.69, 9.17) is 4.74 Å². The fourth-order valence-corrected chi connectivity index (χ4v) is 1.73. The van der Waals surface area contributed by atoms with Crippen molar-refractivity contribution in [3.05, 3.63) is 36.4 Å². The maximum absolute atomic E-state index is 5.10. The number of imidazole rings is 1. The van der Waals surface area contributed by atoms with Crippen LogP contribution in [-0.2, 0) is 4.74 Å². The van der Waals surface area contributed by atoms with E-state index in [1.807, 2.05) is 36.0 Å². The number of nitrogens with one attached hydrogen (secondary N) is 1. The van der Waals surface area contributed by atoms with Crippen molar-refractivity contribution in [3.8, 4) is 5.69 Å². The Hall–Kier alpha value is -1.88. The molecule has 0 saturated heterocycles. The van der Waals surface area contributed by atoms with Gasteiger partial charge >= 0.3 is 0 Å². The second-order valence-corrected chi connectivity index (χ2v) is 4.28. The fraction of sp³-hybridized carbons (Fsp3) is 0.385. The first-order chi connectivity index (χ1) is 8.70. The Balaban J connectivity index is 2.19. The molecule has 0 fully saturated rings. The Kier molecular flexibility index (Phi) is 3.94. The summed E-state index contributed by atoms with van der Waals surface area (Å²) in [6.07, 6.45) is 5.51. The zero-order valence-electron chi connectivity index (χ0n) is 10.9. The van der Waals surface area contributed by atoms with Crippen LogP contribution in [0.1, 0.15) is 12.6 Å². The molecule has 0 aliphatic rings. The Labute approximate surface area is 107 Å². The molecule has 2 aromatic rings. The highest BCUT2D eigenvalue weighted by atomic mass is 16.5. The van der Waals surface area contributed by atoms with Gasteiger partial charge in [0.1, 0.15) is 0 Å². The highest BCUT2D eigenvalue weighted by molar-refractivity contribution is 5.41. The van der Waals surface area contributed by atoms with Crippen molar-refractivity contribution in [2.24, 2.45) is 0 Å². The molecule has 2 aromatic heterocycles. The van der Waals surface area contributed by atoms with Gasteiger partial charge in [-0.15, -0.1) is 0 Å². The molecule has 1 unspecified atom stereocenters. The van der Waals surface area contributed by atoms with E-state index >= 15 is 0 Å². The molecule has 0 aliphatic heterocycles. The number of pyridine rings is 1. The lowest BCUT2D eigenvalue weighted by atomic mass is 10.3. The van der Waals surface area contributed by atoms with Gasteiger partial charge < -0.3 is 10.1 Å². The molecular weight excluding hydrogens is 228 g/mol. The molecule has 1 N–H and O–H groups in total. The van der Waals surface area contributed by atoms with Crippen molar-refractivity contribution >= 4 is 5.95 Å². The van der Waals surface area contributed by atoms with Gasteiger partial charge in [0.2, 0.25) is 5.95 Å². The minimum Gasteiger partial charge on any atom is -0.383 e. The van der Waals surface area contributed by atoms with E-state index in [9.17, 15) is 0 Å². The number of ether oxygens (including phenoxy) is 1. The van der Waals surface area contributed by atoms with Gasteiger partial charge in [0.15, 0.2) is 0 Å². The highest BCUT2D eigenvalue weighted by Gasteiger charge is 2.08. The molecular formula is C13H18N4O. The van der Waals surface area contributed by atoms with Crippen LogP contribution in [0.5, 0.6) is 0 Å². The van der Waals surface area contributed by atoms with E-state index < -0.39 is 0 Å². The van der Waals surface area contributed by atoms with E-state index in [0.717, 1.165) is 17.3 Å². The number of nitrogens with zero attached hydrogens (tertiary/aromatic N) is 3. The van der Waals surface area contributed by atoms with Crippen LogP contribution in [-0.4, -0.2) is 34.3 Å². The van der Waals surface area contributed by atoms with E-state index in [2.05, 4.69) is 22.2 Å². The van der Waals surface area contributed by atoms with Crippen LogP contribution >= 0.6 is 0 Å². The number of hydrogen-bond acceptors (Lipinski definition) is 4. The highest BCUT2D eigenvalue weighted by Crippen LogP contribution is 2.14. The summed E-state index contributed by atoms with van der Waals surface area (Å²) in [5, 5.41) is 3.30. The normalized spacial score (nSPS) is 12.4. The SMILES string of the molecule is COCC(C)Nc1nccn1-c1ccc(C)nc1. The molecule has 0 aliphatic carbocycles. The summed E-state index contributed by atoms with van der Waals surface area (Å²) in [5.74, 6) is 0.796. The van der Waals surface area contributed by atoms with E-state index in [0.29, 0.717) is 6.61 Å². The number of anilines is 1. The van der Waals surface area contributed by atoms with Gasteiger partial charge in [-0.3, -0.25) is 9.55 Å². The summed E-state index contributed by atoms with van der Waals surface area (Å²) in [5.41, 5.74) is 1.99. The van der Waals surface area contributed by atoms with Crippen LogP contribution in [0, 0.1) is 6.92 Å². The van der Waals surface area contributed by atoms with Gasteiger partial charge in [0.25, 0.3) is 0 Å². The predicted molar refractivity (Wildman–Crippen MR) is 71.1 cm³/mol. The van der Waals surface area contributed by atoms with Crippen LogP contribution in [0.4, 0.5) is 5.95 Å². The Morgan fingerprint density at radius 2 is 2.22 bits per heavy atom. The maximum atomic E-state index is 5.10. The van der Waals surface area contributed by atoms with Crippen LogP contribution in [0.25, 0.3) is 5.69 Å². The van der Waals surface area contributed by atoms with Gasteiger partial charge in [-0.1, -0.05) is 0 Å². The molecule has 0 amide bonds. The zero-order valence-corrected chi connectivity index (χ0v) is 10.9. The average Bonchev–Trinajstić information content (AvgIpc) is 2.78. The molecule has 0 saturated carbocycles. The van der Waals surface area contributed by atoms with Crippen LogP contribution in [0.2, 0.25) is 0 Å². The minimum absolute atomic E-state index is 0.203. The molecule has 0 radical (unpaired) electrons. The van der Waals surface area contributed by atoms with Crippen LogP contribution < -0.4 is 5.32 Å². The summed E-state index contributed by atoms with van der Waals surface area (Å²) >= 11 is 0. The van der Waals surface area contributed by atoms with E-state index in [1.54, 1.807) is 13.3 Å². The second kappa shape index (κ2) is 5.64. The lowest BCUT2D eigenvalue weighted by Crippen LogP contribution is -2.22. The van der Waals surface area contributed by atoms with Crippen LogP contribution in [0.3, 0.4) is 0 Å². The Morgan fingerprint density at radius 1 is 1.39 bits per heavy atom. The van der Waals surface area contributed by atoms with Gasteiger partial charge in [-0.2, -0.15) is 0 Å². The molecule has 2 rings (SSSR count). The number of aryl methyl sites for hydroxylation is 1. The van der Waals surface area contributed by atoms with Gasteiger partial charge in [0.05, 0.1) is 18.5 Å². The Morgan fingerprint density at radius 3 is 2.89 bits per heavy atom. The fourth-order valence-electron chi connectivity index (χ4n) is 1.73. The maximum Gasteiger partial charge on any atom is 0.207 e. The molecule has 0 spiro atoms. The Bertz CT molecular complexity index is 492. The van der Waals surface area contributed by atoms with E-state index in [1.165, 1.54) is 0 Å². The smallest absolute Gasteiger partial charge is 0.207 e. The molecule has 96 valence electrons. The predicted octanol–water partition coefficient (Wildman–Crippen LogP) is 2.02. The van der Waals surface area contributed by atoms with E-state index in [-0.39, 0.29) is 6.04 Å². The summed E-state index contributed by atoms with van der Waals surface area (Å²) in [7, 11) is 1.69. The lowest BCUT2D eigenvalue weighted by molar-refractivity contribution is 0.190. The first-order valence-corrected chi connectivity index (χ1v) is 5.92. The van der Waals surface area contributed by atoms with Crippen molar-refractivity contribution in [1.82, 2.24) is 14.5 Å². The minimum atomic E-state index is 0.203. The molecule has 0 bridgehead atoms. The van der Waals surface area contributed by atoms with Crippen molar-refractivity contribution < 1.29 is 4.74 Å². The summed E-state index contributed by atoms with van der Waals surface area (Å²) in [4.78, 5) is 8.60. The van der Waals surface area contributed by atoms with Crippen molar-refractivity contribution in [1.29, 1.82) is 0 Å². The molecule has 0 aromatic carbocycles. The largest absolute Gasteiger partial charge is 0.383 e. The molecule has 5 nitrogen and oxygen atoms in total. The van der Waals surface area contributed by atoms with Crippen molar-refractivity contribution in [2.45, 2.75) is 19.9 Å². The quantitative estimate of drug-likeness (QED) is 0.877. The summed E-state index contributed by atoms with van der Waals surface area (Å²) in [6, 6.07) is 4.21. The summed E-state index contributed by atoms with van der Waals surface area (Å²) < 4.78 is 7.07. The number of rotatable bonds is 5. The van der Waals surface area contributed by atoms with Crippen molar-refractivity contribution in [2.75, 3.05) is 19.0 Å². The third-order valence-electron chi connectivity index (χ3n) is 2.61. The van der Waals surface area contributed by atoms with Gasteiger partial charge in [-0.05, 0) is 26.0 Å². The van der Waals surface area contributed by atoms with Gasteiger partial charge in [-0.25, -0.2) is 4.98 Å². The number of methoxy groups -OCH3 is 1. The molecule has 2 heterocycles. The molecule has 1 atom stereocenters. The standard InChI is InChI=1S/C13H18N4O/c1-10-4-5-12(8-15-10)17-7-6-14-13(17)16-11(2)9-18-3/h4-8,11H,9H2,1-3H3,(H,14,16). The zero-order chi connectivity index (χ0) is 13.0. The number of aromatic nitrogens is 3. The lowest BCUT2D eigenvalue weighted by Gasteiger charge is -2.15. The third kappa shape index (κ3) is 2.87. The molecule has 5 heteroatoms. The first-order valence-electron chi connectivity index (χ1n) is 5.92. The van der Waals surface area contributed by atoms with Crippen molar-refractivity contribution in [3.63, 3.8) is 0 Å².